The number of hydrogen-bond acceptors (Lipinski definition) is 5. The Morgan fingerprint density at radius 3 is 2.90 bits per heavy atom. The number of aliphatic hydroxyl groups is 1. The van der Waals surface area contributed by atoms with E-state index in [2.05, 4.69) is 15.3 Å². The lowest BCUT2D eigenvalue weighted by atomic mass is 9.84. The van der Waals surface area contributed by atoms with E-state index < -0.39 is 11.6 Å². The molecule has 0 radical (unpaired) electrons. The van der Waals surface area contributed by atoms with Gasteiger partial charge in [-0.05, 0) is 44.4 Å². The van der Waals surface area contributed by atoms with E-state index in [1.54, 1.807) is 6.92 Å². The van der Waals surface area contributed by atoms with Gasteiger partial charge >= 0.3 is 5.97 Å². The highest BCUT2D eigenvalue weighted by Crippen LogP contribution is 2.50. The number of nitrogens with zero attached hydrogens (tertiary/aromatic N) is 2. The Kier molecular flexibility index (Phi) is 3.12. The van der Waals surface area contributed by atoms with Crippen molar-refractivity contribution < 1.29 is 15.0 Å². The van der Waals surface area contributed by atoms with Crippen LogP contribution in [0.4, 0.5) is 5.95 Å². The van der Waals surface area contributed by atoms with Gasteiger partial charge < -0.3 is 15.5 Å². The molecule has 3 N–H and O–H groups in total. The Morgan fingerprint density at radius 1 is 1.55 bits per heavy atom. The van der Waals surface area contributed by atoms with Crippen molar-refractivity contribution in [2.24, 2.45) is 11.8 Å². The lowest BCUT2D eigenvalue weighted by molar-refractivity contribution is -0.000473. The van der Waals surface area contributed by atoms with Crippen molar-refractivity contribution in [2.45, 2.75) is 38.2 Å². The number of aryl methyl sites for hydroxylation is 1. The van der Waals surface area contributed by atoms with Crippen LogP contribution in [0.3, 0.4) is 0 Å². The zero-order valence-electron chi connectivity index (χ0n) is 11.5. The summed E-state index contributed by atoms with van der Waals surface area (Å²) < 4.78 is 0. The first-order chi connectivity index (χ1) is 9.48. The van der Waals surface area contributed by atoms with Gasteiger partial charge in [0.2, 0.25) is 5.95 Å². The van der Waals surface area contributed by atoms with E-state index in [1.165, 1.54) is 12.6 Å². The van der Waals surface area contributed by atoms with Gasteiger partial charge in [-0.2, -0.15) is 0 Å². The highest BCUT2D eigenvalue weighted by Gasteiger charge is 2.49. The van der Waals surface area contributed by atoms with Crippen LogP contribution in [0.1, 0.15) is 41.7 Å². The summed E-state index contributed by atoms with van der Waals surface area (Å²) in [6.45, 7) is 2.07. The van der Waals surface area contributed by atoms with Crippen LogP contribution in [0, 0.1) is 18.8 Å². The molecule has 6 heteroatoms. The molecule has 0 aromatic carbocycles. The van der Waals surface area contributed by atoms with Crippen LogP contribution in [-0.2, 0) is 0 Å². The Labute approximate surface area is 117 Å². The number of nitrogens with one attached hydrogen (secondary N) is 1. The first-order valence-electron chi connectivity index (χ1n) is 7.01. The van der Waals surface area contributed by atoms with Gasteiger partial charge in [0.25, 0.3) is 0 Å². The van der Waals surface area contributed by atoms with E-state index in [0.717, 1.165) is 19.3 Å². The number of hydrogen-bond donors (Lipinski definition) is 3. The fourth-order valence-corrected chi connectivity index (χ4v) is 3.63. The van der Waals surface area contributed by atoms with E-state index in [-0.39, 0.29) is 5.56 Å². The summed E-state index contributed by atoms with van der Waals surface area (Å²) >= 11 is 0. The molecule has 1 aromatic heterocycles. The first kappa shape index (κ1) is 13.3. The Balaban J connectivity index is 1.67. The molecule has 0 unspecified atom stereocenters. The SMILES string of the molecule is Cc1nc(NC[C@@]2(O)C[C@H]3CC[C@@H]2C3)ncc1C(=O)O. The summed E-state index contributed by atoms with van der Waals surface area (Å²) in [6.07, 6.45) is 5.60. The largest absolute Gasteiger partial charge is 0.478 e. The molecule has 0 aliphatic heterocycles. The lowest BCUT2D eigenvalue weighted by Crippen LogP contribution is -2.42. The molecule has 0 saturated heterocycles. The minimum Gasteiger partial charge on any atom is -0.478 e. The van der Waals surface area contributed by atoms with E-state index >= 15 is 0 Å². The molecule has 2 fully saturated rings. The van der Waals surface area contributed by atoms with Crippen molar-refractivity contribution in [1.82, 2.24) is 9.97 Å². The third-order valence-electron chi connectivity index (χ3n) is 4.71. The molecule has 20 heavy (non-hydrogen) atoms. The number of anilines is 1. The summed E-state index contributed by atoms with van der Waals surface area (Å²) in [5.74, 6) is 0.382. The maximum Gasteiger partial charge on any atom is 0.339 e. The van der Waals surface area contributed by atoms with Gasteiger partial charge in [0, 0.05) is 12.7 Å². The highest BCUT2D eigenvalue weighted by molar-refractivity contribution is 5.88. The van der Waals surface area contributed by atoms with Gasteiger partial charge in [-0.1, -0.05) is 0 Å². The molecule has 2 bridgehead atoms. The second-order valence-corrected chi connectivity index (χ2v) is 6.04. The van der Waals surface area contributed by atoms with Crippen molar-refractivity contribution in [3.8, 4) is 0 Å². The van der Waals surface area contributed by atoms with Gasteiger partial charge in [0.15, 0.2) is 0 Å². The van der Waals surface area contributed by atoms with E-state index in [4.69, 9.17) is 5.11 Å². The quantitative estimate of drug-likeness (QED) is 0.771. The number of aromatic nitrogens is 2. The monoisotopic (exact) mass is 277 g/mol. The van der Waals surface area contributed by atoms with Crippen molar-refractivity contribution in [1.29, 1.82) is 0 Å². The van der Waals surface area contributed by atoms with Crippen molar-refractivity contribution in [2.75, 3.05) is 11.9 Å². The fraction of sp³-hybridized carbons (Fsp3) is 0.643. The van der Waals surface area contributed by atoms with E-state index in [9.17, 15) is 9.90 Å². The first-order valence-corrected chi connectivity index (χ1v) is 7.01. The molecule has 3 atom stereocenters. The van der Waals surface area contributed by atoms with Crippen LogP contribution in [0.2, 0.25) is 0 Å². The average Bonchev–Trinajstić information content (AvgIpc) is 2.96. The third kappa shape index (κ3) is 2.24. The third-order valence-corrected chi connectivity index (χ3v) is 4.71. The molecule has 108 valence electrons. The molecule has 2 aliphatic carbocycles. The minimum absolute atomic E-state index is 0.106. The second-order valence-electron chi connectivity index (χ2n) is 6.04. The number of fused-ring (bicyclic) bond motifs is 2. The summed E-state index contributed by atoms with van der Waals surface area (Å²) in [4.78, 5) is 19.0. The van der Waals surface area contributed by atoms with Crippen LogP contribution in [-0.4, -0.2) is 38.3 Å². The molecule has 1 heterocycles. The van der Waals surface area contributed by atoms with Crippen LogP contribution >= 0.6 is 0 Å². The fourth-order valence-electron chi connectivity index (χ4n) is 3.63. The van der Waals surface area contributed by atoms with Crippen molar-refractivity contribution in [3.63, 3.8) is 0 Å². The topological polar surface area (TPSA) is 95.3 Å². The number of aromatic carboxylic acids is 1. The van der Waals surface area contributed by atoms with Gasteiger partial charge in [-0.15, -0.1) is 0 Å². The molecule has 2 saturated carbocycles. The predicted molar refractivity (Wildman–Crippen MR) is 72.6 cm³/mol. The van der Waals surface area contributed by atoms with Crippen LogP contribution in [0.25, 0.3) is 0 Å². The Hall–Kier alpha value is -1.69. The van der Waals surface area contributed by atoms with Crippen LogP contribution in [0.15, 0.2) is 6.20 Å². The number of rotatable bonds is 4. The highest BCUT2D eigenvalue weighted by atomic mass is 16.4. The van der Waals surface area contributed by atoms with Crippen LogP contribution < -0.4 is 5.32 Å². The van der Waals surface area contributed by atoms with Crippen molar-refractivity contribution >= 4 is 11.9 Å². The smallest absolute Gasteiger partial charge is 0.339 e. The van der Waals surface area contributed by atoms with E-state index in [0.29, 0.717) is 30.0 Å². The van der Waals surface area contributed by atoms with Gasteiger partial charge in [0.1, 0.15) is 0 Å². The zero-order valence-corrected chi connectivity index (χ0v) is 11.5. The molecular weight excluding hydrogens is 258 g/mol. The summed E-state index contributed by atoms with van der Waals surface area (Å²) in [7, 11) is 0. The van der Waals surface area contributed by atoms with Crippen molar-refractivity contribution in [3.05, 3.63) is 17.5 Å². The van der Waals surface area contributed by atoms with Gasteiger partial charge in [-0.25, -0.2) is 14.8 Å². The van der Waals surface area contributed by atoms with Crippen LogP contribution in [0.5, 0.6) is 0 Å². The second kappa shape index (κ2) is 4.70. The molecule has 0 amide bonds. The molecular formula is C14H19N3O3. The standard InChI is InChI=1S/C14H19N3O3/c1-8-11(12(18)19)6-15-13(17-8)16-7-14(20)5-9-2-3-10(14)4-9/h6,9-10,20H,2-5,7H2,1H3,(H,18,19)(H,15,16,17)/t9-,10+,14-/m0/s1. The maximum atomic E-state index is 10.9. The summed E-state index contributed by atoms with van der Waals surface area (Å²) in [5.41, 5.74) is -0.129. The Bertz CT molecular complexity index is 548. The molecule has 0 spiro atoms. The summed E-state index contributed by atoms with van der Waals surface area (Å²) in [5, 5.41) is 22.6. The molecule has 1 aromatic rings. The normalized spacial score (nSPS) is 31.5. The zero-order chi connectivity index (χ0) is 14.3. The number of carbonyl (C=O) groups is 1. The lowest BCUT2D eigenvalue weighted by Gasteiger charge is -2.32. The van der Waals surface area contributed by atoms with E-state index in [1.807, 2.05) is 0 Å². The Morgan fingerprint density at radius 2 is 2.35 bits per heavy atom. The summed E-state index contributed by atoms with van der Waals surface area (Å²) in [6, 6.07) is 0. The molecule has 3 rings (SSSR count). The maximum absolute atomic E-state index is 10.9. The predicted octanol–water partition coefficient (Wildman–Crippen LogP) is 1.45. The number of carboxylic acids is 1. The molecule has 2 aliphatic rings. The number of carboxylic acid groups (broad SMARTS) is 1. The van der Waals surface area contributed by atoms with Gasteiger partial charge in [0.05, 0.1) is 16.9 Å². The average molecular weight is 277 g/mol. The minimum atomic E-state index is -1.03. The molecule has 6 nitrogen and oxygen atoms in total. The van der Waals surface area contributed by atoms with Gasteiger partial charge in [-0.3, -0.25) is 0 Å².